The van der Waals surface area contributed by atoms with Crippen LogP contribution in [0.25, 0.3) is 0 Å². The lowest BCUT2D eigenvalue weighted by molar-refractivity contribution is -0.313. The first-order valence-corrected chi connectivity index (χ1v) is 12.4. The molecule has 0 unspecified atom stereocenters. The molecule has 2 fully saturated rings. The first-order valence-electron chi connectivity index (χ1n) is 12.1. The zero-order chi connectivity index (χ0) is 25.0. The number of piperazine rings is 1. The highest BCUT2D eigenvalue weighted by Crippen LogP contribution is 2.37. The first-order chi connectivity index (χ1) is 17.5. The fourth-order valence-corrected chi connectivity index (χ4v) is 4.87. The fraction of sp³-hybridized carbons (Fsp3) is 0.385. The van der Waals surface area contributed by atoms with E-state index in [1.165, 1.54) is 0 Å². The van der Waals surface area contributed by atoms with Crippen molar-refractivity contribution < 1.29 is 14.2 Å². The maximum atomic E-state index is 7.58. The quantitative estimate of drug-likeness (QED) is 0.372. The van der Waals surface area contributed by atoms with Crippen LogP contribution in [0.15, 0.2) is 67.3 Å². The first kappa shape index (κ1) is 24.6. The number of guanidine groups is 1. The van der Waals surface area contributed by atoms with E-state index in [9.17, 15) is 0 Å². The Morgan fingerprint density at radius 1 is 1.08 bits per heavy atom. The molecule has 0 bridgehead atoms. The number of rotatable bonds is 7. The monoisotopic (exact) mass is 510 g/mol. The predicted octanol–water partition coefficient (Wildman–Crippen LogP) is 3.04. The second kappa shape index (κ2) is 10.9. The van der Waals surface area contributed by atoms with Crippen LogP contribution >= 0.6 is 11.6 Å². The summed E-state index contributed by atoms with van der Waals surface area (Å²) in [4.78, 5) is 8.33. The van der Waals surface area contributed by atoms with Crippen molar-refractivity contribution in [2.24, 2.45) is 5.73 Å². The van der Waals surface area contributed by atoms with E-state index in [1.807, 2.05) is 39.9 Å². The number of halogens is 1. The molecule has 10 heteroatoms. The van der Waals surface area contributed by atoms with Crippen LogP contribution in [0.2, 0.25) is 5.02 Å². The summed E-state index contributed by atoms with van der Waals surface area (Å²) in [5.74, 6) is -0.865. The second-order valence-electron chi connectivity index (χ2n) is 9.05. The van der Waals surface area contributed by atoms with E-state index in [2.05, 4.69) is 34.1 Å². The van der Waals surface area contributed by atoms with Gasteiger partial charge in [-0.15, -0.1) is 0 Å². The maximum absolute atomic E-state index is 7.58. The Morgan fingerprint density at radius 3 is 2.44 bits per heavy atom. The van der Waals surface area contributed by atoms with Crippen LogP contribution in [0, 0.1) is 5.41 Å². The normalized spacial score (nSPS) is 22.5. The number of nitrogens with one attached hydrogen (secondary N) is 1. The Kier molecular flexibility index (Phi) is 7.43. The Hall–Kier alpha value is -3.11. The summed E-state index contributed by atoms with van der Waals surface area (Å²) in [5, 5.41) is 8.18. The summed E-state index contributed by atoms with van der Waals surface area (Å²) in [6.07, 6.45) is 5.15. The molecule has 9 nitrogen and oxygen atoms in total. The van der Waals surface area contributed by atoms with E-state index in [1.54, 1.807) is 12.5 Å². The standard InChI is InChI=1S/C26H31ClN6O3/c27-24-4-2-1-3-23(24)26(18-31-10-9-30-19-31)35-16-22(17-36-26)34-15-20-5-7-21(8-6-20)32-11-13-33(14-12-32)25(28)29/h1-10,19,22H,11-18H2,(H3,28,29)/t22-,26+. The molecule has 2 aliphatic rings. The van der Waals surface area contributed by atoms with E-state index in [0.29, 0.717) is 31.4 Å². The van der Waals surface area contributed by atoms with Crippen molar-refractivity contribution in [3.8, 4) is 0 Å². The van der Waals surface area contributed by atoms with Crippen molar-refractivity contribution in [3.05, 3.63) is 83.4 Å². The Balaban J connectivity index is 1.16. The van der Waals surface area contributed by atoms with Crippen molar-refractivity contribution in [1.82, 2.24) is 14.5 Å². The molecule has 190 valence electrons. The van der Waals surface area contributed by atoms with Crippen LogP contribution in [0.4, 0.5) is 5.69 Å². The summed E-state index contributed by atoms with van der Waals surface area (Å²) in [5.41, 5.74) is 8.63. The number of nitrogens with zero attached hydrogens (tertiary/aromatic N) is 4. The number of ether oxygens (including phenoxy) is 3. The van der Waals surface area contributed by atoms with Crippen molar-refractivity contribution in [2.45, 2.75) is 25.0 Å². The predicted molar refractivity (Wildman–Crippen MR) is 138 cm³/mol. The lowest BCUT2D eigenvalue weighted by Gasteiger charge is -2.40. The number of hydrogen-bond donors (Lipinski definition) is 2. The van der Waals surface area contributed by atoms with Gasteiger partial charge in [0.1, 0.15) is 6.10 Å². The van der Waals surface area contributed by atoms with Crippen LogP contribution in [0.1, 0.15) is 11.1 Å². The Labute approximate surface area is 215 Å². The highest BCUT2D eigenvalue weighted by Gasteiger charge is 2.41. The molecule has 2 aliphatic heterocycles. The number of benzene rings is 2. The summed E-state index contributed by atoms with van der Waals surface area (Å²) in [6, 6.07) is 16.0. The summed E-state index contributed by atoms with van der Waals surface area (Å²) < 4.78 is 20.7. The van der Waals surface area contributed by atoms with Gasteiger partial charge < -0.3 is 34.3 Å². The van der Waals surface area contributed by atoms with E-state index < -0.39 is 5.79 Å². The smallest absolute Gasteiger partial charge is 0.215 e. The molecule has 0 radical (unpaired) electrons. The number of aromatic nitrogens is 2. The number of nitrogens with two attached hydrogens (primary N) is 1. The molecule has 3 N–H and O–H groups in total. The van der Waals surface area contributed by atoms with Gasteiger partial charge in [0.25, 0.3) is 0 Å². The largest absolute Gasteiger partial charge is 0.370 e. The number of anilines is 1. The van der Waals surface area contributed by atoms with E-state index in [-0.39, 0.29) is 12.1 Å². The Bertz CT molecular complexity index is 1140. The number of imidazole rings is 1. The molecule has 36 heavy (non-hydrogen) atoms. The van der Waals surface area contributed by atoms with E-state index in [0.717, 1.165) is 43.0 Å². The molecular weight excluding hydrogens is 480 g/mol. The van der Waals surface area contributed by atoms with Gasteiger partial charge in [-0.2, -0.15) is 0 Å². The summed E-state index contributed by atoms with van der Waals surface area (Å²) >= 11 is 6.52. The third kappa shape index (κ3) is 5.49. The molecule has 2 aromatic carbocycles. The zero-order valence-electron chi connectivity index (χ0n) is 20.1. The minimum Gasteiger partial charge on any atom is -0.370 e. The van der Waals surface area contributed by atoms with Crippen molar-refractivity contribution in [2.75, 3.05) is 44.3 Å². The van der Waals surface area contributed by atoms with Crippen LogP contribution in [-0.4, -0.2) is 65.9 Å². The third-order valence-corrected chi connectivity index (χ3v) is 6.98. The van der Waals surface area contributed by atoms with Gasteiger partial charge >= 0.3 is 0 Å². The van der Waals surface area contributed by atoms with Gasteiger partial charge in [0, 0.05) is 54.8 Å². The summed E-state index contributed by atoms with van der Waals surface area (Å²) in [6.45, 7) is 4.90. The number of hydrogen-bond acceptors (Lipinski definition) is 6. The molecule has 0 spiro atoms. The van der Waals surface area contributed by atoms with Gasteiger partial charge in [-0.25, -0.2) is 4.98 Å². The molecule has 0 aliphatic carbocycles. The van der Waals surface area contributed by atoms with Crippen LogP contribution in [0.5, 0.6) is 0 Å². The lowest BCUT2D eigenvalue weighted by Crippen LogP contribution is -2.50. The van der Waals surface area contributed by atoms with E-state index >= 15 is 0 Å². The molecule has 0 amide bonds. The average Bonchev–Trinajstić information content (AvgIpc) is 3.42. The lowest BCUT2D eigenvalue weighted by atomic mass is 10.0. The van der Waals surface area contributed by atoms with Gasteiger partial charge in [-0.1, -0.05) is 41.9 Å². The second-order valence-corrected chi connectivity index (χ2v) is 9.46. The van der Waals surface area contributed by atoms with Crippen LogP contribution in [-0.2, 0) is 33.1 Å². The van der Waals surface area contributed by atoms with Crippen molar-refractivity contribution in [1.29, 1.82) is 5.41 Å². The molecule has 3 aromatic rings. The highest BCUT2D eigenvalue weighted by molar-refractivity contribution is 6.31. The van der Waals surface area contributed by atoms with Gasteiger partial charge in [-0.3, -0.25) is 5.41 Å². The topological polar surface area (TPSA) is 102 Å². The zero-order valence-corrected chi connectivity index (χ0v) is 20.8. The van der Waals surface area contributed by atoms with Gasteiger partial charge in [0.15, 0.2) is 5.96 Å². The van der Waals surface area contributed by atoms with Crippen molar-refractivity contribution >= 4 is 23.2 Å². The van der Waals surface area contributed by atoms with Crippen molar-refractivity contribution in [3.63, 3.8) is 0 Å². The third-order valence-electron chi connectivity index (χ3n) is 6.65. The molecular formula is C26H31ClN6O3. The molecule has 2 saturated heterocycles. The maximum Gasteiger partial charge on any atom is 0.215 e. The molecule has 1 aromatic heterocycles. The van der Waals surface area contributed by atoms with Gasteiger partial charge in [-0.05, 0) is 23.8 Å². The SMILES string of the molecule is N=C(N)N1CCN(c2ccc(CO[C@H]3CO[C@@](Cn4ccnc4)(c4ccccc4Cl)OC3)cc2)CC1. The van der Waals surface area contributed by atoms with Crippen LogP contribution in [0.3, 0.4) is 0 Å². The van der Waals surface area contributed by atoms with Crippen LogP contribution < -0.4 is 10.6 Å². The highest BCUT2D eigenvalue weighted by atomic mass is 35.5. The van der Waals surface area contributed by atoms with Gasteiger partial charge in [0.05, 0.1) is 32.7 Å². The van der Waals surface area contributed by atoms with E-state index in [4.69, 9.17) is 37.0 Å². The average molecular weight is 511 g/mol. The molecule has 0 atom stereocenters. The Morgan fingerprint density at radius 2 is 1.81 bits per heavy atom. The minimum atomic E-state index is -1.01. The minimum absolute atomic E-state index is 0.142. The molecule has 3 heterocycles. The molecule has 0 saturated carbocycles. The summed E-state index contributed by atoms with van der Waals surface area (Å²) in [7, 11) is 0. The van der Waals surface area contributed by atoms with Gasteiger partial charge in [0.2, 0.25) is 5.79 Å². The fourth-order valence-electron chi connectivity index (χ4n) is 4.59. The molecule has 5 rings (SSSR count).